The van der Waals surface area contributed by atoms with E-state index in [1.54, 1.807) is 4.90 Å². The number of piperidine rings is 1. The van der Waals surface area contributed by atoms with E-state index in [1.807, 2.05) is 0 Å². The second kappa shape index (κ2) is 7.10. The number of aliphatic hydroxyl groups excluding tert-OH is 1. The summed E-state index contributed by atoms with van der Waals surface area (Å²) in [4.78, 5) is 13.5. The summed E-state index contributed by atoms with van der Waals surface area (Å²) in [5.41, 5.74) is 0.255. The minimum absolute atomic E-state index is 0.124. The first-order valence-electron chi connectivity index (χ1n) is 7.03. The van der Waals surface area contributed by atoms with Crippen LogP contribution in [0.15, 0.2) is 0 Å². The van der Waals surface area contributed by atoms with Gasteiger partial charge in [0.2, 0.25) is 0 Å². The lowest BCUT2D eigenvalue weighted by Crippen LogP contribution is -2.52. The number of aliphatic hydroxyl groups is 1. The van der Waals surface area contributed by atoms with Crippen LogP contribution < -0.4 is 5.32 Å². The van der Waals surface area contributed by atoms with Crippen molar-refractivity contribution in [2.75, 3.05) is 33.4 Å². The molecule has 0 aliphatic carbocycles. The zero-order valence-electron chi connectivity index (χ0n) is 12.6. The molecule has 5 heteroatoms. The third-order valence-electron chi connectivity index (χ3n) is 3.42. The first-order valence-corrected chi connectivity index (χ1v) is 7.03. The summed E-state index contributed by atoms with van der Waals surface area (Å²) < 4.78 is 4.83. The lowest BCUT2D eigenvalue weighted by Gasteiger charge is -2.39. The predicted molar refractivity (Wildman–Crippen MR) is 75.0 cm³/mol. The molecule has 1 aliphatic rings. The maximum atomic E-state index is 11.7. The van der Waals surface area contributed by atoms with Gasteiger partial charge in [-0.2, -0.15) is 0 Å². The van der Waals surface area contributed by atoms with Gasteiger partial charge in [-0.3, -0.25) is 0 Å². The Bertz CT molecular complexity index is 289. The Labute approximate surface area is 116 Å². The minimum Gasteiger partial charge on any atom is -0.453 e. The van der Waals surface area contributed by atoms with Gasteiger partial charge in [0.05, 0.1) is 13.7 Å². The standard InChI is InChI=1S/C14H28N2O3/c1-14(2,3)8-11-7-12(15-5-6-17)10-16(9-11)13(18)19-4/h11-12,15,17H,5-10H2,1-4H3. The second-order valence-electron chi connectivity index (χ2n) is 6.62. The Balaban J connectivity index is 2.63. The molecule has 0 saturated carbocycles. The van der Waals surface area contributed by atoms with Crippen molar-refractivity contribution in [2.45, 2.75) is 39.7 Å². The minimum atomic E-state index is -0.255. The average molecular weight is 272 g/mol. The summed E-state index contributed by atoms with van der Waals surface area (Å²) in [6.07, 6.45) is 1.87. The van der Waals surface area contributed by atoms with Crippen molar-refractivity contribution in [3.8, 4) is 0 Å². The van der Waals surface area contributed by atoms with Crippen LogP contribution in [0.3, 0.4) is 0 Å². The topological polar surface area (TPSA) is 61.8 Å². The van der Waals surface area contributed by atoms with Crippen molar-refractivity contribution in [3.05, 3.63) is 0 Å². The van der Waals surface area contributed by atoms with Gasteiger partial charge in [0.1, 0.15) is 0 Å². The fraction of sp³-hybridized carbons (Fsp3) is 0.929. The number of hydrogen-bond acceptors (Lipinski definition) is 4. The van der Waals surface area contributed by atoms with E-state index in [2.05, 4.69) is 26.1 Å². The van der Waals surface area contributed by atoms with Crippen LogP contribution in [-0.4, -0.2) is 55.5 Å². The summed E-state index contributed by atoms with van der Waals surface area (Å²) in [5, 5.41) is 12.2. The number of amides is 1. The van der Waals surface area contributed by atoms with Crippen LogP contribution in [0.2, 0.25) is 0 Å². The summed E-state index contributed by atoms with van der Waals surface area (Å²) in [7, 11) is 1.42. The zero-order chi connectivity index (χ0) is 14.5. The second-order valence-corrected chi connectivity index (χ2v) is 6.62. The van der Waals surface area contributed by atoms with Crippen LogP contribution in [0.25, 0.3) is 0 Å². The SMILES string of the molecule is COC(=O)N1CC(CC(C)(C)C)CC(NCCO)C1. The van der Waals surface area contributed by atoms with E-state index >= 15 is 0 Å². The first-order chi connectivity index (χ1) is 8.85. The lowest BCUT2D eigenvalue weighted by molar-refractivity contribution is 0.0799. The van der Waals surface area contributed by atoms with E-state index in [-0.39, 0.29) is 24.2 Å². The van der Waals surface area contributed by atoms with Gasteiger partial charge in [-0.25, -0.2) is 4.79 Å². The molecular weight excluding hydrogens is 244 g/mol. The monoisotopic (exact) mass is 272 g/mol. The Hall–Kier alpha value is -0.810. The van der Waals surface area contributed by atoms with Crippen LogP contribution in [0, 0.1) is 11.3 Å². The third kappa shape index (κ3) is 5.78. The van der Waals surface area contributed by atoms with E-state index in [4.69, 9.17) is 9.84 Å². The van der Waals surface area contributed by atoms with E-state index in [9.17, 15) is 4.79 Å². The number of carbonyl (C=O) groups excluding carboxylic acids is 1. The van der Waals surface area contributed by atoms with Crippen molar-refractivity contribution < 1.29 is 14.6 Å². The number of nitrogens with one attached hydrogen (secondary N) is 1. The van der Waals surface area contributed by atoms with Gasteiger partial charge < -0.3 is 20.1 Å². The van der Waals surface area contributed by atoms with Gasteiger partial charge in [-0.15, -0.1) is 0 Å². The number of hydrogen-bond donors (Lipinski definition) is 2. The number of ether oxygens (including phenoxy) is 1. The van der Waals surface area contributed by atoms with Crippen LogP contribution in [-0.2, 0) is 4.74 Å². The Morgan fingerprint density at radius 1 is 1.42 bits per heavy atom. The van der Waals surface area contributed by atoms with E-state index in [0.29, 0.717) is 19.0 Å². The molecule has 2 atom stereocenters. The van der Waals surface area contributed by atoms with Crippen molar-refractivity contribution in [3.63, 3.8) is 0 Å². The summed E-state index contributed by atoms with van der Waals surface area (Å²) >= 11 is 0. The Kier molecular flexibility index (Phi) is 6.07. The predicted octanol–water partition coefficient (Wildman–Crippen LogP) is 1.46. The van der Waals surface area contributed by atoms with Gasteiger partial charge >= 0.3 is 6.09 Å². The summed E-state index contributed by atoms with van der Waals surface area (Å²) in [6.45, 7) is 8.79. The fourth-order valence-electron chi connectivity index (χ4n) is 2.91. The molecule has 0 aromatic rings. The molecule has 0 spiro atoms. The molecule has 2 unspecified atom stereocenters. The maximum absolute atomic E-state index is 11.7. The fourth-order valence-corrected chi connectivity index (χ4v) is 2.91. The van der Waals surface area contributed by atoms with Crippen molar-refractivity contribution in [2.24, 2.45) is 11.3 Å². The number of likely N-dealkylation sites (tertiary alicyclic amines) is 1. The largest absolute Gasteiger partial charge is 0.453 e. The van der Waals surface area contributed by atoms with Gasteiger partial charge in [0.25, 0.3) is 0 Å². The molecule has 1 amide bonds. The highest BCUT2D eigenvalue weighted by atomic mass is 16.5. The number of nitrogens with zero attached hydrogens (tertiary/aromatic N) is 1. The molecule has 0 aromatic carbocycles. The lowest BCUT2D eigenvalue weighted by atomic mass is 9.80. The molecule has 1 fully saturated rings. The highest BCUT2D eigenvalue weighted by molar-refractivity contribution is 5.67. The maximum Gasteiger partial charge on any atom is 0.409 e. The van der Waals surface area contributed by atoms with Gasteiger partial charge in [0, 0.05) is 25.7 Å². The van der Waals surface area contributed by atoms with Crippen molar-refractivity contribution >= 4 is 6.09 Å². The molecule has 5 nitrogen and oxygen atoms in total. The molecule has 0 bridgehead atoms. The summed E-state index contributed by atoms with van der Waals surface area (Å²) in [6, 6.07) is 0.243. The highest BCUT2D eigenvalue weighted by Gasteiger charge is 2.32. The van der Waals surface area contributed by atoms with Crippen LogP contribution in [0.1, 0.15) is 33.6 Å². The average Bonchev–Trinajstić information content (AvgIpc) is 2.33. The molecule has 112 valence electrons. The molecular formula is C14H28N2O3. The molecule has 0 radical (unpaired) electrons. The van der Waals surface area contributed by atoms with E-state index in [1.165, 1.54) is 7.11 Å². The molecule has 1 heterocycles. The van der Waals surface area contributed by atoms with Crippen LogP contribution in [0.5, 0.6) is 0 Å². The van der Waals surface area contributed by atoms with Crippen molar-refractivity contribution in [1.29, 1.82) is 0 Å². The zero-order valence-corrected chi connectivity index (χ0v) is 12.6. The van der Waals surface area contributed by atoms with E-state index in [0.717, 1.165) is 19.4 Å². The van der Waals surface area contributed by atoms with Gasteiger partial charge in [-0.05, 0) is 24.2 Å². The Morgan fingerprint density at radius 2 is 2.11 bits per heavy atom. The summed E-state index contributed by atoms with van der Waals surface area (Å²) in [5.74, 6) is 0.476. The quantitative estimate of drug-likeness (QED) is 0.813. The molecule has 2 N–H and O–H groups in total. The van der Waals surface area contributed by atoms with Crippen LogP contribution >= 0.6 is 0 Å². The van der Waals surface area contributed by atoms with Gasteiger partial charge in [0.15, 0.2) is 0 Å². The highest BCUT2D eigenvalue weighted by Crippen LogP contribution is 2.30. The Morgan fingerprint density at radius 3 is 2.63 bits per heavy atom. The molecule has 19 heavy (non-hydrogen) atoms. The third-order valence-corrected chi connectivity index (χ3v) is 3.42. The number of methoxy groups -OCH3 is 1. The van der Waals surface area contributed by atoms with E-state index < -0.39 is 0 Å². The smallest absolute Gasteiger partial charge is 0.409 e. The molecule has 1 saturated heterocycles. The molecule has 1 aliphatic heterocycles. The van der Waals surface area contributed by atoms with Crippen LogP contribution in [0.4, 0.5) is 4.79 Å². The number of rotatable bonds is 4. The number of carbonyl (C=O) groups is 1. The van der Waals surface area contributed by atoms with Crippen molar-refractivity contribution in [1.82, 2.24) is 10.2 Å². The molecule has 1 rings (SSSR count). The van der Waals surface area contributed by atoms with Gasteiger partial charge in [-0.1, -0.05) is 20.8 Å². The first kappa shape index (κ1) is 16.2. The molecule has 0 aromatic heterocycles. The normalized spacial score (nSPS) is 24.4.